The van der Waals surface area contributed by atoms with Gasteiger partial charge >= 0.3 is 0 Å². The molecule has 0 radical (unpaired) electrons. The number of nitrogens with zero attached hydrogens (tertiary/aromatic N) is 2. The molecule has 1 saturated heterocycles. The first kappa shape index (κ1) is 12.5. The van der Waals surface area contributed by atoms with E-state index >= 15 is 0 Å². The minimum Gasteiger partial charge on any atom is -0.294 e. The van der Waals surface area contributed by atoms with Crippen LogP contribution in [-0.4, -0.2) is 34.3 Å². The first-order valence-electron chi connectivity index (χ1n) is 5.17. The number of carbonyl (C=O) groups is 2. The highest BCUT2D eigenvalue weighted by Gasteiger charge is 2.30. The maximum Gasteiger partial charge on any atom is 0.243 e. The predicted octanol–water partition coefficient (Wildman–Crippen LogP) is 0.729. The zero-order valence-electron chi connectivity index (χ0n) is 9.27. The van der Waals surface area contributed by atoms with Crippen LogP contribution in [0.1, 0.15) is 17.6 Å². The Morgan fingerprint density at radius 2 is 2.41 bits per heavy atom. The molecule has 1 unspecified atom stereocenters. The normalized spacial score (nSPS) is 21.6. The van der Waals surface area contributed by atoms with E-state index in [-0.39, 0.29) is 24.4 Å². The summed E-state index contributed by atoms with van der Waals surface area (Å²) in [5.74, 6) is -0.136. The fourth-order valence-corrected chi connectivity index (χ4v) is 2.66. The summed E-state index contributed by atoms with van der Waals surface area (Å²) >= 11 is 7.16. The number of amides is 2. The Labute approximate surface area is 108 Å². The summed E-state index contributed by atoms with van der Waals surface area (Å²) in [4.78, 5) is 28.8. The van der Waals surface area contributed by atoms with E-state index in [0.29, 0.717) is 12.4 Å². The van der Waals surface area contributed by atoms with Crippen molar-refractivity contribution in [1.82, 2.24) is 15.2 Å². The summed E-state index contributed by atoms with van der Waals surface area (Å²) < 4.78 is 0. The Kier molecular flexibility index (Phi) is 3.76. The molecule has 1 N–H and O–H groups in total. The minimum atomic E-state index is -0.309. The Balaban J connectivity index is 2.06. The summed E-state index contributed by atoms with van der Waals surface area (Å²) in [6, 6.07) is -0.309. The summed E-state index contributed by atoms with van der Waals surface area (Å²) in [5, 5.41) is 5.06. The van der Waals surface area contributed by atoms with E-state index in [2.05, 4.69) is 10.3 Å². The predicted molar refractivity (Wildman–Crippen MR) is 64.7 cm³/mol. The van der Waals surface area contributed by atoms with Crippen molar-refractivity contribution in [2.24, 2.45) is 0 Å². The molecule has 0 aliphatic carbocycles. The molecule has 1 aliphatic heterocycles. The molecule has 17 heavy (non-hydrogen) atoms. The second kappa shape index (κ2) is 5.12. The molecule has 1 aromatic heterocycles. The maximum atomic E-state index is 11.5. The summed E-state index contributed by atoms with van der Waals surface area (Å²) in [7, 11) is 0. The van der Waals surface area contributed by atoms with Gasteiger partial charge < -0.3 is 0 Å². The van der Waals surface area contributed by atoms with Crippen LogP contribution in [0, 0.1) is 0 Å². The van der Waals surface area contributed by atoms with Crippen molar-refractivity contribution in [2.45, 2.75) is 25.4 Å². The number of hydrogen-bond donors (Lipinski definition) is 1. The molecule has 2 heterocycles. The third kappa shape index (κ3) is 2.83. The van der Waals surface area contributed by atoms with E-state index < -0.39 is 0 Å². The fraction of sp³-hybridized carbons (Fsp3) is 0.500. The van der Waals surface area contributed by atoms with Gasteiger partial charge in [0, 0.05) is 5.38 Å². The second-order valence-corrected chi connectivity index (χ2v) is 5.07. The average molecular weight is 274 g/mol. The third-order valence-electron chi connectivity index (χ3n) is 2.61. The van der Waals surface area contributed by atoms with Gasteiger partial charge in [-0.3, -0.25) is 19.8 Å². The highest BCUT2D eigenvalue weighted by Crippen LogP contribution is 2.16. The third-order valence-corrected chi connectivity index (χ3v) is 3.77. The van der Waals surface area contributed by atoms with Gasteiger partial charge in [-0.15, -0.1) is 22.9 Å². The van der Waals surface area contributed by atoms with Crippen LogP contribution in [0.2, 0.25) is 0 Å². The van der Waals surface area contributed by atoms with Crippen LogP contribution in [0.25, 0.3) is 0 Å². The second-order valence-electron chi connectivity index (χ2n) is 3.86. The molecule has 2 amide bonds. The molecule has 0 spiro atoms. The zero-order chi connectivity index (χ0) is 12.4. The van der Waals surface area contributed by atoms with Gasteiger partial charge in [0.1, 0.15) is 5.01 Å². The van der Waals surface area contributed by atoms with Gasteiger partial charge in [0.05, 0.1) is 30.7 Å². The Hall–Kier alpha value is -0.980. The van der Waals surface area contributed by atoms with Crippen molar-refractivity contribution >= 4 is 34.8 Å². The number of carbonyl (C=O) groups excluding carboxylic acids is 2. The molecular weight excluding hydrogens is 262 g/mol. The lowest BCUT2D eigenvalue weighted by molar-refractivity contribution is -0.139. The van der Waals surface area contributed by atoms with E-state index in [9.17, 15) is 9.59 Å². The number of halogens is 1. The number of aromatic nitrogens is 1. The number of imide groups is 1. The standard InChI is InChI=1S/C10H12ClN3O2S/c1-6-10(16)13-8(15)3-14(6)4-9-12-7(2-11)5-17-9/h5-6H,2-4H2,1H3,(H,13,15,16). The van der Waals surface area contributed by atoms with E-state index in [1.54, 1.807) is 11.8 Å². The van der Waals surface area contributed by atoms with Crippen LogP contribution < -0.4 is 5.32 Å². The Bertz CT molecular complexity index is 449. The van der Waals surface area contributed by atoms with Crippen LogP contribution in [0.5, 0.6) is 0 Å². The van der Waals surface area contributed by atoms with E-state index in [4.69, 9.17) is 11.6 Å². The summed E-state index contributed by atoms with van der Waals surface area (Å²) in [6.45, 7) is 2.50. The van der Waals surface area contributed by atoms with Gasteiger partial charge in [-0.1, -0.05) is 0 Å². The zero-order valence-corrected chi connectivity index (χ0v) is 10.8. The van der Waals surface area contributed by atoms with Crippen molar-refractivity contribution in [3.63, 3.8) is 0 Å². The van der Waals surface area contributed by atoms with Gasteiger partial charge in [0.15, 0.2) is 0 Å². The lowest BCUT2D eigenvalue weighted by Crippen LogP contribution is -2.56. The van der Waals surface area contributed by atoms with Gasteiger partial charge in [0.25, 0.3) is 0 Å². The van der Waals surface area contributed by atoms with Gasteiger partial charge in [-0.05, 0) is 6.92 Å². The van der Waals surface area contributed by atoms with Crippen LogP contribution >= 0.6 is 22.9 Å². The molecule has 92 valence electrons. The summed E-state index contributed by atoms with van der Waals surface area (Å²) in [6.07, 6.45) is 0. The number of rotatable bonds is 3. The van der Waals surface area contributed by atoms with E-state index in [1.807, 2.05) is 5.38 Å². The number of alkyl halides is 1. The van der Waals surface area contributed by atoms with Crippen LogP contribution in [-0.2, 0) is 22.0 Å². The van der Waals surface area contributed by atoms with Crippen LogP contribution in [0.15, 0.2) is 5.38 Å². The minimum absolute atomic E-state index is 0.225. The molecule has 5 nitrogen and oxygen atoms in total. The quantitative estimate of drug-likeness (QED) is 0.651. The molecule has 1 fully saturated rings. The van der Waals surface area contributed by atoms with Crippen molar-refractivity contribution in [1.29, 1.82) is 0 Å². The van der Waals surface area contributed by atoms with E-state index in [0.717, 1.165) is 10.7 Å². The molecule has 7 heteroatoms. The Morgan fingerprint density at radius 3 is 3.06 bits per heavy atom. The van der Waals surface area contributed by atoms with Gasteiger partial charge in [0.2, 0.25) is 11.8 Å². The van der Waals surface area contributed by atoms with E-state index in [1.165, 1.54) is 11.3 Å². The first-order valence-corrected chi connectivity index (χ1v) is 6.58. The first-order chi connectivity index (χ1) is 8.10. The fourth-order valence-electron chi connectivity index (χ4n) is 1.62. The van der Waals surface area contributed by atoms with Gasteiger partial charge in [-0.2, -0.15) is 0 Å². The highest BCUT2D eigenvalue weighted by molar-refractivity contribution is 7.09. The van der Waals surface area contributed by atoms with Crippen molar-refractivity contribution in [3.05, 3.63) is 16.1 Å². The summed E-state index contributed by atoms with van der Waals surface area (Å²) in [5.41, 5.74) is 0.826. The lowest BCUT2D eigenvalue weighted by atomic mass is 10.2. The molecule has 1 atom stereocenters. The molecular formula is C10H12ClN3O2S. The molecule has 2 rings (SSSR count). The smallest absolute Gasteiger partial charge is 0.243 e. The van der Waals surface area contributed by atoms with Crippen LogP contribution in [0.3, 0.4) is 0 Å². The number of nitrogens with one attached hydrogen (secondary N) is 1. The molecule has 1 aromatic rings. The van der Waals surface area contributed by atoms with Crippen LogP contribution in [0.4, 0.5) is 0 Å². The van der Waals surface area contributed by atoms with Gasteiger partial charge in [-0.25, -0.2) is 4.98 Å². The van der Waals surface area contributed by atoms with Crippen molar-refractivity contribution in [3.8, 4) is 0 Å². The molecule has 0 bridgehead atoms. The monoisotopic (exact) mass is 273 g/mol. The molecule has 1 aliphatic rings. The number of hydrogen-bond acceptors (Lipinski definition) is 5. The largest absolute Gasteiger partial charge is 0.294 e. The molecule has 0 aromatic carbocycles. The van der Waals surface area contributed by atoms with Crippen molar-refractivity contribution < 1.29 is 9.59 Å². The van der Waals surface area contributed by atoms with Crippen molar-refractivity contribution in [2.75, 3.05) is 6.54 Å². The number of piperazine rings is 1. The average Bonchev–Trinajstić information content (AvgIpc) is 2.73. The maximum absolute atomic E-state index is 11.5. The Morgan fingerprint density at radius 1 is 1.65 bits per heavy atom. The highest BCUT2D eigenvalue weighted by atomic mass is 35.5. The topological polar surface area (TPSA) is 62.3 Å². The lowest BCUT2D eigenvalue weighted by Gasteiger charge is -2.30. The SMILES string of the molecule is CC1C(=O)NC(=O)CN1Cc1nc(CCl)cs1. The molecule has 0 saturated carbocycles. The number of thiazole rings is 1.